The highest BCUT2D eigenvalue weighted by molar-refractivity contribution is 5.84. The molecule has 92 valence electrons. The molecule has 0 aliphatic heterocycles. The molecule has 0 unspecified atom stereocenters. The molecule has 1 N–H and O–H groups in total. The molecule has 0 fully saturated rings. The number of aromatic carboxylic acids is 1. The predicted molar refractivity (Wildman–Crippen MR) is 66.3 cm³/mol. The number of carboxylic acids is 1. The van der Waals surface area contributed by atoms with Crippen molar-refractivity contribution in [3.05, 3.63) is 57.5 Å². The van der Waals surface area contributed by atoms with Crippen LogP contribution in [0, 0.1) is 13.8 Å². The fourth-order valence-electron chi connectivity index (χ4n) is 1.66. The quantitative estimate of drug-likeness (QED) is 0.869. The molecule has 1 aromatic carbocycles. The van der Waals surface area contributed by atoms with E-state index in [2.05, 4.69) is 5.10 Å². The molecule has 0 saturated heterocycles. The van der Waals surface area contributed by atoms with Crippen LogP contribution in [-0.4, -0.2) is 20.9 Å². The highest BCUT2D eigenvalue weighted by Crippen LogP contribution is 2.15. The SMILES string of the molecule is Cc1cccc(-n2nc(C(=O)O)ccc2=O)c1C. The van der Waals surface area contributed by atoms with Crippen LogP contribution in [0.5, 0.6) is 0 Å². The largest absolute Gasteiger partial charge is 0.476 e. The minimum absolute atomic E-state index is 0.157. The van der Waals surface area contributed by atoms with E-state index in [1.54, 1.807) is 12.1 Å². The van der Waals surface area contributed by atoms with Gasteiger partial charge in [-0.3, -0.25) is 4.79 Å². The Morgan fingerprint density at radius 3 is 2.61 bits per heavy atom. The molecule has 0 bridgehead atoms. The van der Waals surface area contributed by atoms with Crippen LogP contribution in [0.2, 0.25) is 0 Å². The Kier molecular flexibility index (Phi) is 2.97. The third-order valence-electron chi connectivity index (χ3n) is 2.82. The first-order valence-electron chi connectivity index (χ1n) is 5.41. The fraction of sp³-hybridized carbons (Fsp3) is 0.154. The Bertz CT molecular complexity index is 674. The van der Waals surface area contributed by atoms with Crippen molar-refractivity contribution in [1.29, 1.82) is 0 Å². The normalized spacial score (nSPS) is 10.3. The van der Waals surface area contributed by atoms with Crippen molar-refractivity contribution < 1.29 is 9.90 Å². The second kappa shape index (κ2) is 4.44. The average molecular weight is 244 g/mol. The van der Waals surface area contributed by atoms with Crippen molar-refractivity contribution >= 4 is 5.97 Å². The summed E-state index contributed by atoms with van der Waals surface area (Å²) in [4.78, 5) is 22.6. The van der Waals surface area contributed by atoms with Gasteiger partial charge in [0.25, 0.3) is 5.56 Å². The highest BCUT2D eigenvalue weighted by Gasteiger charge is 2.10. The number of aryl methyl sites for hydroxylation is 1. The van der Waals surface area contributed by atoms with E-state index in [4.69, 9.17) is 5.11 Å². The number of hydrogen-bond acceptors (Lipinski definition) is 3. The third kappa shape index (κ3) is 2.02. The molecule has 0 saturated carbocycles. The number of carbonyl (C=O) groups is 1. The fourth-order valence-corrected chi connectivity index (χ4v) is 1.66. The molecular formula is C13H12N2O3. The van der Waals surface area contributed by atoms with Crippen LogP contribution in [0.25, 0.3) is 5.69 Å². The molecular weight excluding hydrogens is 232 g/mol. The Morgan fingerprint density at radius 1 is 1.22 bits per heavy atom. The number of hydrogen-bond donors (Lipinski definition) is 1. The van der Waals surface area contributed by atoms with Crippen LogP contribution in [-0.2, 0) is 0 Å². The molecule has 0 radical (unpaired) electrons. The average Bonchev–Trinajstić information content (AvgIpc) is 2.33. The lowest BCUT2D eigenvalue weighted by Crippen LogP contribution is -2.23. The second-order valence-corrected chi connectivity index (χ2v) is 3.99. The lowest BCUT2D eigenvalue weighted by Gasteiger charge is -2.10. The van der Waals surface area contributed by atoms with Gasteiger partial charge in [-0.25, -0.2) is 4.79 Å². The van der Waals surface area contributed by atoms with Crippen LogP contribution in [0.15, 0.2) is 35.1 Å². The molecule has 18 heavy (non-hydrogen) atoms. The standard InChI is InChI=1S/C13H12N2O3/c1-8-4-3-5-11(9(8)2)15-12(16)7-6-10(14-15)13(17)18/h3-7H,1-2H3,(H,17,18). The van der Waals surface area contributed by atoms with Crippen LogP contribution in [0.3, 0.4) is 0 Å². The van der Waals surface area contributed by atoms with Gasteiger partial charge >= 0.3 is 5.97 Å². The van der Waals surface area contributed by atoms with Crippen molar-refractivity contribution in [3.63, 3.8) is 0 Å². The lowest BCUT2D eigenvalue weighted by atomic mass is 10.1. The summed E-state index contributed by atoms with van der Waals surface area (Å²) in [6, 6.07) is 7.87. The predicted octanol–water partition coefficient (Wildman–Crippen LogP) is 1.55. The molecule has 1 heterocycles. The molecule has 0 spiro atoms. The minimum Gasteiger partial charge on any atom is -0.476 e. The minimum atomic E-state index is -1.16. The Balaban J connectivity index is 2.70. The zero-order valence-corrected chi connectivity index (χ0v) is 10.0. The molecule has 1 aromatic heterocycles. The molecule has 0 amide bonds. The van der Waals surface area contributed by atoms with E-state index < -0.39 is 5.97 Å². The second-order valence-electron chi connectivity index (χ2n) is 3.99. The van der Waals surface area contributed by atoms with Crippen LogP contribution < -0.4 is 5.56 Å². The maximum Gasteiger partial charge on any atom is 0.356 e. The van der Waals surface area contributed by atoms with E-state index in [-0.39, 0.29) is 11.3 Å². The van der Waals surface area contributed by atoms with Crippen LogP contribution in [0.1, 0.15) is 21.6 Å². The van der Waals surface area contributed by atoms with Crippen LogP contribution >= 0.6 is 0 Å². The first-order chi connectivity index (χ1) is 8.50. The molecule has 0 aliphatic carbocycles. The summed E-state index contributed by atoms with van der Waals surface area (Å²) in [5.41, 5.74) is 2.00. The maximum atomic E-state index is 11.8. The van der Waals surface area contributed by atoms with Gasteiger partial charge in [0.2, 0.25) is 0 Å². The zero-order chi connectivity index (χ0) is 13.3. The van der Waals surface area contributed by atoms with Crippen molar-refractivity contribution in [3.8, 4) is 5.69 Å². The summed E-state index contributed by atoms with van der Waals surface area (Å²) in [5, 5.41) is 12.7. The lowest BCUT2D eigenvalue weighted by molar-refractivity contribution is 0.0688. The number of carboxylic acid groups (broad SMARTS) is 1. The molecule has 5 heteroatoms. The Hall–Kier alpha value is -2.43. The molecule has 2 aromatic rings. The number of benzene rings is 1. The summed E-state index contributed by atoms with van der Waals surface area (Å²) in [6.07, 6.45) is 0. The Morgan fingerprint density at radius 2 is 1.94 bits per heavy atom. The van der Waals surface area contributed by atoms with Gasteiger partial charge in [0.1, 0.15) is 0 Å². The molecule has 2 rings (SSSR count). The van der Waals surface area contributed by atoms with E-state index >= 15 is 0 Å². The molecule has 0 atom stereocenters. The number of rotatable bonds is 2. The van der Waals surface area contributed by atoms with Crippen molar-refractivity contribution in [2.75, 3.05) is 0 Å². The van der Waals surface area contributed by atoms with Gasteiger partial charge < -0.3 is 5.11 Å². The zero-order valence-electron chi connectivity index (χ0n) is 10.0. The summed E-state index contributed by atoms with van der Waals surface area (Å²) in [5.74, 6) is -1.16. The van der Waals surface area contributed by atoms with Crippen molar-refractivity contribution in [2.45, 2.75) is 13.8 Å². The summed E-state index contributed by atoms with van der Waals surface area (Å²) in [7, 11) is 0. The van der Waals surface area contributed by atoms with Gasteiger partial charge in [-0.1, -0.05) is 12.1 Å². The third-order valence-corrected chi connectivity index (χ3v) is 2.82. The number of nitrogens with zero attached hydrogens (tertiary/aromatic N) is 2. The number of aromatic nitrogens is 2. The van der Waals surface area contributed by atoms with E-state index in [1.807, 2.05) is 19.9 Å². The highest BCUT2D eigenvalue weighted by atomic mass is 16.4. The van der Waals surface area contributed by atoms with Gasteiger partial charge in [-0.05, 0) is 37.1 Å². The van der Waals surface area contributed by atoms with Gasteiger partial charge in [0.05, 0.1) is 5.69 Å². The summed E-state index contributed by atoms with van der Waals surface area (Å²) < 4.78 is 1.12. The van der Waals surface area contributed by atoms with E-state index in [1.165, 1.54) is 12.1 Å². The monoisotopic (exact) mass is 244 g/mol. The van der Waals surface area contributed by atoms with Crippen molar-refractivity contribution in [1.82, 2.24) is 9.78 Å². The summed E-state index contributed by atoms with van der Waals surface area (Å²) >= 11 is 0. The first kappa shape index (κ1) is 12.0. The first-order valence-corrected chi connectivity index (χ1v) is 5.41. The maximum absolute atomic E-state index is 11.8. The topological polar surface area (TPSA) is 72.2 Å². The smallest absolute Gasteiger partial charge is 0.356 e. The molecule has 5 nitrogen and oxygen atoms in total. The van der Waals surface area contributed by atoms with Crippen LogP contribution in [0.4, 0.5) is 0 Å². The van der Waals surface area contributed by atoms with E-state index in [0.29, 0.717) is 5.69 Å². The Labute approximate surface area is 103 Å². The van der Waals surface area contributed by atoms with Crippen molar-refractivity contribution in [2.24, 2.45) is 0 Å². The summed E-state index contributed by atoms with van der Waals surface area (Å²) in [6.45, 7) is 3.79. The van der Waals surface area contributed by atoms with E-state index in [0.717, 1.165) is 15.8 Å². The van der Waals surface area contributed by atoms with Gasteiger partial charge in [-0.2, -0.15) is 9.78 Å². The van der Waals surface area contributed by atoms with E-state index in [9.17, 15) is 9.59 Å². The van der Waals surface area contributed by atoms with Gasteiger partial charge in [-0.15, -0.1) is 0 Å². The van der Waals surface area contributed by atoms with Gasteiger partial charge in [0.15, 0.2) is 5.69 Å². The molecule has 0 aliphatic rings. The van der Waals surface area contributed by atoms with Gasteiger partial charge in [0, 0.05) is 6.07 Å².